The zero-order valence-electron chi connectivity index (χ0n) is 16.5. The molecular weight excluding hydrogens is 366 g/mol. The Bertz CT molecular complexity index is 839. The van der Waals surface area contributed by atoms with Gasteiger partial charge in [-0.15, -0.1) is 0 Å². The van der Waals surface area contributed by atoms with Crippen LogP contribution in [-0.2, 0) is 9.53 Å². The summed E-state index contributed by atoms with van der Waals surface area (Å²) in [5.41, 5.74) is 1.59. The number of anilines is 1. The molecule has 0 aromatic heterocycles. The Morgan fingerprint density at radius 2 is 1.54 bits per heavy atom. The fourth-order valence-corrected chi connectivity index (χ4v) is 2.49. The molecule has 2 aromatic rings. The third kappa shape index (κ3) is 4.85. The predicted octanol–water partition coefficient (Wildman–Crippen LogP) is 2.82. The Morgan fingerprint density at radius 3 is 2.07 bits per heavy atom. The number of rotatable bonds is 8. The van der Waals surface area contributed by atoms with E-state index < -0.39 is 11.9 Å². The molecule has 0 aliphatic carbocycles. The van der Waals surface area contributed by atoms with Gasteiger partial charge in [-0.3, -0.25) is 4.79 Å². The van der Waals surface area contributed by atoms with Crippen molar-refractivity contribution in [3.05, 3.63) is 41.5 Å². The molecule has 2 aromatic carbocycles. The van der Waals surface area contributed by atoms with Crippen molar-refractivity contribution in [2.75, 3.05) is 40.4 Å². The molecule has 28 heavy (non-hydrogen) atoms. The number of methoxy groups -OCH3 is 4. The van der Waals surface area contributed by atoms with Crippen LogP contribution in [0.25, 0.3) is 0 Å². The van der Waals surface area contributed by atoms with E-state index in [2.05, 4.69) is 5.32 Å². The number of amides is 1. The van der Waals surface area contributed by atoms with E-state index in [0.717, 1.165) is 5.56 Å². The number of carbonyl (C=O) groups excluding carboxylic acids is 2. The lowest BCUT2D eigenvalue weighted by Gasteiger charge is -2.15. The zero-order chi connectivity index (χ0) is 20.7. The highest BCUT2D eigenvalue weighted by molar-refractivity contribution is 5.93. The van der Waals surface area contributed by atoms with Crippen molar-refractivity contribution in [3.8, 4) is 23.0 Å². The summed E-state index contributed by atoms with van der Waals surface area (Å²) in [6.07, 6.45) is 0. The van der Waals surface area contributed by atoms with Crippen LogP contribution in [0.2, 0.25) is 0 Å². The number of esters is 1. The fraction of sp³-hybridized carbons (Fsp3) is 0.300. The van der Waals surface area contributed by atoms with Crippen LogP contribution in [0, 0.1) is 6.92 Å². The summed E-state index contributed by atoms with van der Waals surface area (Å²) in [7, 11) is 5.77. The number of ether oxygens (including phenoxy) is 5. The number of aryl methyl sites for hydroxylation is 1. The highest BCUT2D eigenvalue weighted by Crippen LogP contribution is 2.39. The lowest BCUT2D eigenvalue weighted by Crippen LogP contribution is -2.20. The van der Waals surface area contributed by atoms with Crippen molar-refractivity contribution >= 4 is 17.6 Å². The van der Waals surface area contributed by atoms with Crippen molar-refractivity contribution < 1.29 is 33.3 Å². The van der Waals surface area contributed by atoms with Gasteiger partial charge in [-0.25, -0.2) is 4.79 Å². The third-order valence-corrected chi connectivity index (χ3v) is 3.92. The molecule has 0 bridgehead atoms. The summed E-state index contributed by atoms with van der Waals surface area (Å²) in [5.74, 6) is 0.806. The van der Waals surface area contributed by atoms with Crippen LogP contribution in [0.4, 0.5) is 5.69 Å². The Balaban J connectivity index is 2.10. The molecule has 0 aliphatic heterocycles. The molecule has 0 saturated heterocycles. The van der Waals surface area contributed by atoms with E-state index in [0.29, 0.717) is 34.2 Å². The van der Waals surface area contributed by atoms with Crippen LogP contribution in [-0.4, -0.2) is 46.9 Å². The maximum atomic E-state index is 12.3. The molecule has 0 atom stereocenters. The van der Waals surface area contributed by atoms with Crippen LogP contribution < -0.4 is 24.3 Å². The second kappa shape index (κ2) is 9.50. The van der Waals surface area contributed by atoms with E-state index in [1.54, 1.807) is 24.3 Å². The largest absolute Gasteiger partial charge is 0.493 e. The molecule has 8 heteroatoms. The summed E-state index contributed by atoms with van der Waals surface area (Å²) in [5, 5.41) is 2.71. The predicted molar refractivity (Wildman–Crippen MR) is 103 cm³/mol. The molecule has 0 aliphatic rings. The number of benzene rings is 2. The monoisotopic (exact) mass is 389 g/mol. The Morgan fingerprint density at radius 1 is 0.893 bits per heavy atom. The third-order valence-electron chi connectivity index (χ3n) is 3.92. The summed E-state index contributed by atoms with van der Waals surface area (Å²) < 4.78 is 26.0. The highest BCUT2D eigenvalue weighted by Gasteiger charge is 2.15. The van der Waals surface area contributed by atoms with Gasteiger partial charge in [-0.05, 0) is 24.6 Å². The first-order chi connectivity index (χ1) is 13.4. The minimum Gasteiger partial charge on any atom is -0.493 e. The Labute approximate surface area is 163 Å². The fourth-order valence-electron chi connectivity index (χ4n) is 2.49. The molecule has 0 heterocycles. The topological polar surface area (TPSA) is 92.3 Å². The minimum absolute atomic E-state index is 0.248. The molecule has 2 rings (SSSR count). The van der Waals surface area contributed by atoms with Crippen LogP contribution >= 0.6 is 0 Å². The first kappa shape index (κ1) is 20.9. The lowest BCUT2D eigenvalue weighted by atomic mass is 10.1. The van der Waals surface area contributed by atoms with Crippen molar-refractivity contribution in [1.82, 2.24) is 0 Å². The van der Waals surface area contributed by atoms with Gasteiger partial charge in [0.15, 0.2) is 18.1 Å². The molecular formula is C20H23NO7. The quantitative estimate of drug-likeness (QED) is 0.694. The lowest BCUT2D eigenvalue weighted by molar-refractivity contribution is -0.118. The molecule has 0 spiro atoms. The van der Waals surface area contributed by atoms with Crippen molar-refractivity contribution in [2.45, 2.75) is 6.92 Å². The average molecular weight is 389 g/mol. The second-order valence-electron chi connectivity index (χ2n) is 5.72. The number of carbonyl (C=O) groups is 2. The van der Waals surface area contributed by atoms with Gasteiger partial charge in [-0.1, -0.05) is 6.07 Å². The maximum absolute atomic E-state index is 12.3. The van der Waals surface area contributed by atoms with Crippen molar-refractivity contribution in [1.29, 1.82) is 0 Å². The Hall–Kier alpha value is -3.42. The van der Waals surface area contributed by atoms with E-state index in [1.165, 1.54) is 34.5 Å². The van der Waals surface area contributed by atoms with E-state index in [9.17, 15) is 9.59 Å². The van der Waals surface area contributed by atoms with Crippen molar-refractivity contribution in [3.63, 3.8) is 0 Å². The molecule has 0 radical (unpaired) electrons. The maximum Gasteiger partial charge on any atom is 0.337 e. The van der Waals surface area contributed by atoms with Gasteiger partial charge in [0.25, 0.3) is 5.91 Å². The molecule has 0 saturated carbocycles. The molecule has 150 valence electrons. The van der Waals surface area contributed by atoms with Crippen LogP contribution in [0.5, 0.6) is 23.0 Å². The molecule has 1 N–H and O–H groups in total. The van der Waals surface area contributed by atoms with Gasteiger partial charge in [0.1, 0.15) is 5.75 Å². The van der Waals surface area contributed by atoms with E-state index >= 15 is 0 Å². The van der Waals surface area contributed by atoms with Gasteiger partial charge in [0.05, 0.1) is 34.0 Å². The zero-order valence-corrected chi connectivity index (χ0v) is 16.5. The van der Waals surface area contributed by atoms with E-state index in [1.807, 2.05) is 6.92 Å². The van der Waals surface area contributed by atoms with Crippen LogP contribution in [0.15, 0.2) is 30.3 Å². The van der Waals surface area contributed by atoms with Gasteiger partial charge < -0.3 is 29.0 Å². The van der Waals surface area contributed by atoms with Gasteiger partial charge in [0, 0.05) is 17.8 Å². The van der Waals surface area contributed by atoms with E-state index in [4.69, 9.17) is 23.7 Å². The van der Waals surface area contributed by atoms with Crippen LogP contribution in [0.3, 0.4) is 0 Å². The summed E-state index contributed by atoms with van der Waals surface area (Å²) in [4.78, 5) is 23.9. The van der Waals surface area contributed by atoms with Gasteiger partial charge in [0.2, 0.25) is 5.75 Å². The number of hydrogen-bond donors (Lipinski definition) is 1. The minimum atomic E-state index is -0.480. The van der Waals surface area contributed by atoms with Crippen LogP contribution in [0.1, 0.15) is 15.9 Å². The SMILES string of the molecule is COC(=O)c1ccc(C)c(OCC(=O)Nc2cc(OC)c(OC)c(OC)c2)c1. The summed E-state index contributed by atoms with van der Waals surface area (Å²) >= 11 is 0. The van der Waals surface area contributed by atoms with Gasteiger partial charge in [-0.2, -0.15) is 0 Å². The average Bonchev–Trinajstić information content (AvgIpc) is 2.71. The molecule has 1 amide bonds. The number of nitrogens with one attached hydrogen (secondary N) is 1. The summed E-state index contributed by atoms with van der Waals surface area (Å²) in [6.45, 7) is 1.57. The Kier molecular flexibility index (Phi) is 7.08. The van der Waals surface area contributed by atoms with Gasteiger partial charge >= 0.3 is 5.97 Å². The second-order valence-corrected chi connectivity index (χ2v) is 5.72. The molecule has 8 nitrogen and oxygen atoms in total. The van der Waals surface area contributed by atoms with Crippen molar-refractivity contribution in [2.24, 2.45) is 0 Å². The first-order valence-corrected chi connectivity index (χ1v) is 8.35. The smallest absolute Gasteiger partial charge is 0.337 e. The molecule has 0 unspecified atom stereocenters. The number of hydrogen-bond acceptors (Lipinski definition) is 7. The highest BCUT2D eigenvalue weighted by atomic mass is 16.5. The first-order valence-electron chi connectivity index (χ1n) is 8.35. The summed E-state index contributed by atoms with van der Waals surface area (Å²) in [6, 6.07) is 8.11. The molecule has 0 fully saturated rings. The standard InChI is InChI=1S/C20H23NO7/c1-12-6-7-13(20(23)27-5)8-15(12)28-11-18(22)21-14-9-16(24-2)19(26-4)17(10-14)25-3/h6-10H,11H2,1-5H3,(H,21,22). The van der Waals surface area contributed by atoms with E-state index in [-0.39, 0.29) is 6.61 Å². The normalized spacial score (nSPS) is 10.0.